The first-order valence-corrected chi connectivity index (χ1v) is 6.61. The predicted molar refractivity (Wildman–Crippen MR) is 68.9 cm³/mol. The number of hydrogen-bond donors (Lipinski definition) is 0. The lowest BCUT2D eigenvalue weighted by Crippen LogP contribution is -2.60. The van der Waals surface area contributed by atoms with Crippen molar-refractivity contribution in [2.75, 3.05) is 4.90 Å². The SMILES string of the molecule is CC1(C)CCC(=O)N(c2cccs2)C1(C)C. The van der Waals surface area contributed by atoms with Gasteiger partial charge in [0.1, 0.15) is 0 Å². The van der Waals surface area contributed by atoms with E-state index in [9.17, 15) is 4.79 Å². The first kappa shape index (κ1) is 11.6. The maximum absolute atomic E-state index is 12.1. The monoisotopic (exact) mass is 237 g/mol. The number of piperidine rings is 1. The van der Waals surface area contributed by atoms with Crippen LogP contribution in [0.5, 0.6) is 0 Å². The highest BCUT2D eigenvalue weighted by atomic mass is 32.1. The van der Waals surface area contributed by atoms with Gasteiger partial charge in [0.05, 0.1) is 5.00 Å². The van der Waals surface area contributed by atoms with Gasteiger partial charge in [-0.25, -0.2) is 0 Å². The lowest BCUT2D eigenvalue weighted by molar-refractivity contribution is -0.124. The second-order valence-electron chi connectivity index (χ2n) is 5.62. The maximum Gasteiger partial charge on any atom is 0.228 e. The largest absolute Gasteiger partial charge is 0.298 e. The molecule has 2 nitrogen and oxygen atoms in total. The van der Waals surface area contributed by atoms with Crippen LogP contribution < -0.4 is 4.90 Å². The summed E-state index contributed by atoms with van der Waals surface area (Å²) in [5.41, 5.74) is 0.0398. The van der Waals surface area contributed by atoms with Gasteiger partial charge in [0, 0.05) is 12.0 Å². The summed E-state index contributed by atoms with van der Waals surface area (Å²) in [5, 5.41) is 3.10. The van der Waals surface area contributed by atoms with Crippen LogP contribution >= 0.6 is 11.3 Å². The molecular weight excluding hydrogens is 218 g/mol. The molecular formula is C13H19NOS. The molecule has 88 valence electrons. The summed E-state index contributed by atoms with van der Waals surface area (Å²) in [6, 6.07) is 4.04. The average molecular weight is 237 g/mol. The second-order valence-corrected chi connectivity index (χ2v) is 6.55. The molecule has 1 aromatic heterocycles. The minimum atomic E-state index is -0.118. The number of nitrogens with zero attached hydrogens (tertiary/aromatic N) is 1. The Morgan fingerprint density at radius 2 is 2.00 bits per heavy atom. The quantitative estimate of drug-likeness (QED) is 0.729. The number of thiophene rings is 1. The molecule has 2 heterocycles. The van der Waals surface area contributed by atoms with E-state index in [1.165, 1.54) is 0 Å². The molecule has 0 aromatic carbocycles. The van der Waals surface area contributed by atoms with E-state index in [0.717, 1.165) is 11.4 Å². The van der Waals surface area contributed by atoms with Crippen LogP contribution in [0.15, 0.2) is 17.5 Å². The summed E-state index contributed by atoms with van der Waals surface area (Å²) >= 11 is 1.64. The smallest absolute Gasteiger partial charge is 0.228 e. The molecule has 16 heavy (non-hydrogen) atoms. The molecule has 0 bridgehead atoms. The van der Waals surface area contributed by atoms with Gasteiger partial charge in [-0.15, -0.1) is 11.3 Å². The standard InChI is InChI=1S/C13H19NOS/c1-12(2)8-7-10(15)14(13(12,3)4)11-6-5-9-16-11/h5-6,9H,7-8H2,1-4H3. The van der Waals surface area contributed by atoms with Crippen molar-refractivity contribution in [1.29, 1.82) is 0 Å². The van der Waals surface area contributed by atoms with Gasteiger partial charge >= 0.3 is 0 Å². The van der Waals surface area contributed by atoms with Crippen LogP contribution in [-0.2, 0) is 4.79 Å². The van der Waals surface area contributed by atoms with Crippen LogP contribution in [0.2, 0.25) is 0 Å². The summed E-state index contributed by atoms with van der Waals surface area (Å²) in [5.74, 6) is 0.256. The summed E-state index contributed by atoms with van der Waals surface area (Å²) in [6.07, 6.45) is 1.63. The molecule has 1 amide bonds. The van der Waals surface area contributed by atoms with E-state index in [1.807, 2.05) is 22.4 Å². The molecule has 1 aliphatic heterocycles. The van der Waals surface area contributed by atoms with Crippen molar-refractivity contribution in [2.24, 2.45) is 5.41 Å². The van der Waals surface area contributed by atoms with E-state index < -0.39 is 0 Å². The van der Waals surface area contributed by atoms with Gasteiger partial charge in [-0.05, 0) is 43.2 Å². The molecule has 1 fully saturated rings. The Balaban J connectivity index is 2.45. The van der Waals surface area contributed by atoms with Crippen LogP contribution in [0.3, 0.4) is 0 Å². The highest BCUT2D eigenvalue weighted by molar-refractivity contribution is 7.14. The zero-order valence-electron chi connectivity index (χ0n) is 10.4. The number of hydrogen-bond acceptors (Lipinski definition) is 2. The van der Waals surface area contributed by atoms with Gasteiger partial charge in [-0.2, -0.15) is 0 Å². The van der Waals surface area contributed by atoms with Crippen molar-refractivity contribution in [3.8, 4) is 0 Å². The summed E-state index contributed by atoms with van der Waals surface area (Å²) in [6.45, 7) is 8.84. The Morgan fingerprint density at radius 3 is 2.56 bits per heavy atom. The van der Waals surface area contributed by atoms with E-state index in [4.69, 9.17) is 0 Å². The van der Waals surface area contributed by atoms with Crippen LogP contribution in [0.25, 0.3) is 0 Å². The third-order valence-electron chi connectivity index (χ3n) is 4.16. The Morgan fingerprint density at radius 1 is 1.31 bits per heavy atom. The van der Waals surface area contributed by atoms with Crippen LogP contribution in [-0.4, -0.2) is 11.4 Å². The van der Waals surface area contributed by atoms with Gasteiger partial charge in [0.25, 0.3) is 0 Å². The van der Waals surface area contributed by atoms with E-state index in [1.54, 1.807) is 11.3 Å². The van der Waals surface area contributed by atoms with E-state index in [2.05, 4.69) is 27.7 Å². The van der Waals surface area contributed by atoms with Crippen LogP contribution in [0.1, 0.15) is 40.5 Å². The highest BCUT2D eigenvalue weighted by Gasteiger charge is 2.48. The third-order valence-corrected chi connectivity index (χ3v) is 5.01. The summed E-state index contributed by atoms with van der Waals surface area (Å²) < 4.78 is 0. The zero-order valence-corrected chi connectivity index (χ0v) is 11.2. The van der Waals surface area contributed by atoms with Gasteiger partial charge in [-0.1, -0.05) is 13.8 Å². The summed E-state index contributed by atoms with van der Waals surface area (Å²) in [7, 11) is 0. The fraction of sp³-hybridized carbons (Fsp3) is 0.615. The minimum Gasteiger partial charge on any atom is -0.298 e. The van der Waals surface area contributed by atoms with Crippen molar-refractivity contribution >= 4 is 22.2 Å². The highest BCUT2D eigenvalue weighted by Crippen LogP contribution is 2.46. The molecule has 1 saturated heterocycles. The van der Waals surface area contributed by atoms with Gasteiger partial charge in [0.15, 0.2) is 0 Å². The predicted octanol–water partition coefficient (Wildman–Crippen LogP) is 3.68. The van der Waals surface area contributed by atoms with Gasteiger partial charge in [0.2, 0.25) is 5.91 Å². The molecule has 0 spiro atoms. The zero-order chi connectivity index (χ0) is 12.0. The van der Waals surface area contributed by atoms with Crippen LogP contribution in [0.4, 0.5) is 5.00 Å². The molecule has 2 rings (SSSR count). The Bertz CT molecular complexity index is 392. The van der Waals surface area contributed by atoms with E-state index in [0.29, 0.717) is 6.42 Å². The number of amides is 1. The maximum atomic E-state index is 12.1. The number of rotatable bonds is 1. The molecule has 0 radical (unpaired) electrons. The average Bonchev–Trinajstić information content (AvgIpc) is 2.66. The number of anilines is 1. The Kier molecular flexibility index (Phi) is 2.61. The van der Waals surface area contributed by atoms with Crippen molar-refractivity contribution in [2.45, 2.75) is 46.1 Å². The second kappa shape index (κ2) is 3.59. The first-order chi connectivity index (χ1) is 7.36. The van der Waals surface area contributed by atoms with Gasteiger partial charge < -0.3 is 0 Å². The molecule has 0 atom stereocenters. The van der Waals surface area contributed by atoms with Crippen LogP contribution in [0, 0.1) is 5.41 Å². The fourth-order valence-electron chi connectivity index (χ4n) is 2.25. The topological polar surface area (TPSA) is 20.3 Å². The lowest BCUT2D eigenvalue weighted by Gasteiger charge is -2.52. The molecule has 0 unspecified atom stereocenters. The molecule has 1 aliphatic rings. The molecule has 0 N–H and O–H groups in total. The molecule has 0 saturated carbocycles. The fourth-order valence-corrected chi connectivity index (χ4v) is 3.14. The summed E-state index contributed by atoms with van der Waals surface area (Å²) in [4.78, 5) is 14.1. The van der Waals surface area contributed by atoms with Gasteiger partial charge in [-0.3, -0.25) is 9.69 Å². The Hall–Kier alpha value is -0.830. The Labute approximate surface area is 101 Å². The number of carbonyl (C=O) groups excluding carboxylic acids is 1. The van der Waals surface area contributed by atoms with Crippen molar-refractivity contribution in [1.82, 2.24) is 0 Å². The molecule has 0 aliphatic carbocycles. The normalized spacial score (nSPS) is 23.5. The third kappa shape index (κ3) is 1.58. The van der Waals surface area contributed by atoms with Crippen molar-refractivity contribution < 1.29 is 4.79 Å². The van der Waals surface area contributed by atoms with E-state index in [-0.39, 0.29) is 16.9 Å². The number of carbonyl (C=O) groups is 1. The molecule has 3 heteroatoms. The van der Waals surface area contributed by atoms with Crippen molar-refractivity contribution in [3.63, 3.8) is 0 Å². The molecule has 1 aromatic rings. The van der Waals surface area contributed by atoms with Crippen molar-refractivity contribution in [3.05, 3.63) is 17.5 Å². The first-order valence-electron chi connectivity index (χ1n) is 5.73. The minimum absolute atomic E-state index is 0.118. The lowest BCUT2D eigenvalue weighted by atomic mass is 9.68. The van der Waals surface area contributed by atoms with E-state index >= 15 is 0 Å².